The van der Waals surface area contributed by atoms with Crippen LogP contribution in [-0.4, -0.2) is 39.5 Å². The van der Waals surface area contributed by atoms with Crippen LogP contribution in [0, 0.1) is 17.3 Å². The topological polar surface area (TPSA) is 30.5 Å². The molecule has 0 heterocycles. The van der Waals surface area contributed by atoms with Gasteiger partial charge >= 0.3 is 0 Å². The molecule has 0 aliphatic heterocycles. The predicted molar refractivity (Wildman–Crippen MR) is 82.9 cm³/mol. The van der Waals surface area contributed by atoms with Crippen molar-refractivity contribution in [2.45, 2.75) is 58.4 Å². The normalized spacial score (nSPS) is 32.4. The lowest BCUT2D eigenvalue weighted by molar-refractivity contribution is 0.0523. The molecule has 20 heavy (non-hydrogen) atoms. The third-order valence-electron chi connectivity index (χ3n) is 5.35. The molecule has 0 amide bonds. The highest BCUT2D eigenvalue weighted by Crippen LogP contribution is 2.57. The number of ether oxygens (including phenoxy) is 2. The van der Waals surface area contributed by atoms with E-state index in [1.54, 1.807) is 7.11 Å². The van der Waals surface area contributed by atoms with Crippen LogP contribution in [0.1, 0.15) is 52.4 Å². The first kappa shape index (κ1) is 16.3. The Morgan fingerprint density at radius 1 is 1.20 bits per heavy atom. The second-order valence-electron chi connectivity index (χ2n) is 7.19. The number of nitrogens with one attached hydrogen (secondary N) is 1. The molecular weight excluding hydrogens is 250 g/mol. The Balaban J connectivity index is 1.75. The summed E-state index contributed by atoms with van der Waals surface area (Å²) in [6.45, 7) is 8.27. The second kappa shape index (κ2) is 7.77. The lowest BCUT2D eigenvalue weighted by atomic mass is 9.71. The van der Waals surface area contributed by atoms with Crippen molar-refractivity contribution in [3.05, 3.63) is 0 Å². The van der Waals surface area contributed by atoms with Crippen LogP contribution in [0.2, 0.25) is 0 Å². The lowest BCUT2D eigenvalue weighted by Gasteiger charge is -2.39. The molecule has 3 atom stereocenters. The molecule has 0 aromatic heterocycles. The van der Waals surface area contributed by atoms with Crippen molar-refractivity contribution in [1.29, 1.82) is 0 Å². The Hall–Kier alpha value is -0.120. The van der Waals surface area contributed by atoms with Gasteiger partial charge in [0.2, 0.25) is 0 Å². The molecule has 2 aliphatic rings. The molecule has 1 N–H and O–H groups in total. The average Bonchev–Trinajstić information content (AvgIpc) is 3.01. The molecule has 118 valence electrons. The van der Waals surface area contributed by atoms with Gasteiger partial charge in [0.25, 0.3) is 0 Å². The first-order chi connectivity index (χ1) is 9.66. The number of hydrogen-bond acceptors (Lipinski definition) is 3. The molecule has 0 aromatic rings. The molecule has 0 radical (unpaired) electrons. The molecule has 2 bridgehead atoms. The molecule has 3 unspecified atom stereocenters. The van der Waals surface area contributed by atoms with Crippen LogP contribution in [0.25, 0.3) is 0 Å². The zero-order valence-corrected chi connectivity index (χ0v) is 13.6. The Kier molecular flexibility index (Phi) is 6.31. The lowest BCUT2D eigenvalue weighted by Crippen LogP contribution is -2.42. The van der Waals surface area contributed by atoms with E-state index in [0.29, 0.717) is 11.5 Å². The van der Waals surface area contributed by atoms with Crippen molar-refractivity contribution in [2.75, 3.05) is 33.5 Å². The highest BCUT2D eigenvalue weighted by molar-refractivity contribution is 5.01. The summed E-state index contributed by atoms with van der Waals surface area (Å²) in [5, 5.41) is 3.70. The van der Waals surface area contributed by atoms with Crippen LogP contribution in [0.3, 0.4) is 0 Å². The van der Waals surface area contributed by atoms with E-state index in [2.05, 4.69) is 19.2 Å². The minimum atomic E-state index is 0.522. The number of rotatable bonds is 10. The van der Waals surface area contributed by atoms with E-state index in [9.17, 15) is 0 Å². The Labute approximate surface area is 124 Å². The smallest absolute Gasteiger partial charge is 0.0487 e. The van der Waals surface area contributed by atoms with Gasteiger partial charge in [-0.15, -0.1) is 0 Å². The van der Waals surface area contributed by atoms with Crippen molar-refractivity contribution >= 4 is 0 Å². The maximum absolute atomic E-state index is 5.83. The molecular formula is C17H33NO2. The van der Waals surface area contributed by atoms with Crippen LogP contribution in [0.5, 0.6) is 0 Å². The Morgan fingerprint density at radius 2 is 2.05 bits per heavy atom. The predicted octanol–water partition coefficient (Wildman–Crippen LogP) is 3.23. The van der Waals surface area contributed by atoms with Gasteiger partial charge in [0.05, 0.1) is 0 Å². The van der Waals surface area contributed by atoms with E-state index >= 15 is 0 Å². The molecule has 2 fully saturated rings. The first-order valence-electron chi connectivity index (χ1n) is 8.46. The highest BCUT2D eigenvalue weighted by Gasteiger charge is 2.50. The van der Waals surface area contributed by atoms with Gasteiger partial charge < -0.3 is 14.8 Å². The SMILES string of the molecule is COCCCOCCC1(CNC(C)C)CC2CCC1C2. The van der Waals surface area contributed by atoms with Gasteiger partial charge in [0.15, 0.2) is 0 Å². The number of methoxy groups -OCH3 is 1. The van der Waals surface area contributed by atoms with Gasteiger partial charge in [-0.1, -0.05) is 20.3 Å². The fraction of sp³-hybridized carbons (Fsp3) is 1.00. The van der Waals surface area contributed by atoms with Crippen molar-refractivity contribution in [3.63, 3.8) is 0 Å². The standard InChI is InChI=1S/C17H33NO2/c1-14(2)18-13-17(7-10-20-9-4-8-19-3)12-15-5-6-16(17)11-15/h14-16,18H,4-13H2,1-3H3. The van der Waals surface area contributed by atoms with Crippen LogP contribution in [0.15, 0.2) is 0 Å². The largest absolute Gasteiger partial charge is 0.385 e. The molecule has 0 saturated heterocycles. The Bertz CT molecular complexity index is 282. The molecule has 3 nitrogen and oxygen atoms in total. The molecule has 3 heteroatoms. The first-order valence-corrected chi connectivity index (χ1v) is 8.46. The highest BCUT2D eigenvalue weighted by atomic mass is 16.5. The van der Waals surface area contributed by atoms with Crippen molar-refractivity contribution in [2.24, 2.45) is 17.3 Å². The molecule has 2 rings (SSSR count). The van der Waals surface area contributed by atoms with Crippen LogP contribution in [0.4, 0.5) is 0 Å². The van der Waals surface area contributed by atoms with Crippen LogP contribution >= 0.6 is 0 Å². The maximum atomic E-state index is 5.83. The van der Waals surface area contributed by atoms with Gasteiger partial charge in [0.1, 0.15) is 0 Å². The van der Waals surface area contributed by atoms with E-state index in [0.717, 1.165) is 38.1 Å². The Morgan fingerprint density at radius 3 is 2.65 bits per heavy atom. The minimum absolute atomic E-state index is 0.522. The van der Waals surface area contributed by atoms with Gasteiger partial charge in [-0.2, -0.15) is 0 Å². The van der Waals surface area contributed by atoms with E-state index < -0.39 is 0 Å². The molecule has 2 saturated carbocycles. The zero-order chi connectivity index (χ0) is 14.4. The van der Waals surface area contributed by atoms with Crippen molar-refractivity contribution in [3.8, 4) is 0 Å². The summed E-state index contributed by atoms with van der Waals surface area (Å²) in [5.41, 5.74) is 0.522. The number of hydrogen-bond donors (Lipinski definition) is 1. The summed E-state index contributed by atoms with van der Waals surface area (Å²) in [6, 6.07) is 0.591. The van der Waals surface area contributed by atoms with E-state index in [-0.39, 0.29) is 0 Å². The van der Waals surface area contributed by atoms with E-state index in [4.69, 9.17) is 9.47 Å². The van der Waals surface area contributed by atoms with E-state index in [1.807, 2.05) is 0 Å². The van der Waals surface area contributed by atoms with Gasteiger partial charge in [-0.05, 0) is 49.4 Å². The number of fused-ring (bicyclic) bond motifs is 2. The van der Waals surface area contributed by atoms with E-state index in [1.165, 1.54) is 38.6 Å². The van der Waals surface area contributed by atoms with Crippen molar-refractivity contribution < 1.29 is 9.47 Å². The molecule has 2 aliphatic carbocycles. The summed E-state index contributed by atoms with van der Waals surface area (Å²) >= 11 is 0. The average molecular weight is 283 g/mol. The van der Waals surface area contributed by atoms with Gasteiger partial charge in [-0.25, -0.2) is 0 Å². The summed E-state index contributed by atoms with van der Waals surface area (Å²) < 4.78 is 10.9. The minimum Gasteiger partial charge on any atom is -0.385 e. The summed E-state index contributed by atoms with van der Waals surface area (Å²) in [7, 11) is 1.75. The zero-order valence-electron chi connectivity index (χ0n) is 13.6. The third-order valence-corrected chi connectivity index (χ3v) is 5.35. The maximum Gasteiger partial charge on any atom is 0.0487 e. The second-order valence-corrected chi connectivity index (χ2v) is 7.19. The summed E-state index contributed by atoms with van der Waals surface area (Å²) in [5.74, 6) is 1.95. The molecule has 0 aromatic carbocycles. The summed E-state index contributed by atoms with van der Waals surface area (Å²) in [6.07, 6.45) is 8.08. The van der Waals surface area contributed by atoms with Crippen LogP contribution in [-0.2, 0) is 9.47 Å². The summed E-state index contributed by atoms with van der Waals surface area (Å²) in [4.78, 5) is 0. The van der Waals surface area contributed by atoms with Crippen molar-refractivity contribution in [1.82, 2.24) is 5.32 Å². The fourth-order valence-electron chi connectivity index (χ4n) is 4.26. The molecule has 0 spiro atoms. The van der Waals surface area contributed by atoms with Gasteiger partial charge in [0, 0.05) is 39.5 Å². The third kappa shape index (κ3) is 4.19. The monoisotopic (exact) mass is 283 g/mol. The van der Waals surface area contributed by atoms with Crippen LogP contribution < -0.4 is 5.32 Å². The quantitative estimate of drug-likeness (QED) is 0.624. The van der Waals surface area contributed by atoms with Gasteiger partial charge in [-0.3, -0.25) is 0 Å². The fourth-order valence-corrected chi connectivity index (χ4v) is 4.26.